The smallest absolute Gasteiger partial charge is 0.386 e. The third-order valence-electron chi connectivity index (χ3n) is 2.28. The molecule has 7 heteroatoms. The Balaban J connectivity index is 2.05. The van der Waals surface area contributed by atoms with Crippen molar-refractivity contribution in [2.24, 2.45) is 0 Å². The van der Waals surface area contributed by atoms with Gasteiger partial charge in [-0.25, -0.2) is 14.6 Å². The van der Waals surface area contributed by atoms with E-state index in [1.807, 2.05) is 0 Å². The normalized spacial score (nSPS) is 9.70. The Bertz CT molecular complexity index is 566. The first-order valence-corrected chi connectivity index (χ1v) is 5.64. The lowest BCUT2D eigenvalue weighted by molar-refractivity contribution is -0.156. The lowest BCUT2D eigenvalue weighted by Gasteiger charge is -2.06. The molecule has 20 heavy (non-hydrogen) atoms. The number of methoxy groups -OCH3 is 2. The Morgan fingerprint density at radius 2 is 1.60 bits per heavy atom. The Morgan fingerprint density at radius 3 is 2.15 bits per heavy atom. The molecule has 2 aromatic rings. The van der Waals surface area contributed by atoms with Crippen LogP contribution in [0.3, 0.4) is 0 Å². The molecule has 0 saturated heterocycles. The summed E-state index contributed by atoms with van der Waals surface area (Å²) >= 11 is 0. The van der Waals surface area contributed by atoms with Crippen LogP contribution in [0.2, 0.25) is 0 Å². The summed E-state index contributed by atoms with van der Waals surface area (Å²) in [6.45, 7) is 0. The number of benzene rings is 1. The predicted octanol–water partition coefficient (Wildman–Crippen LogP) is 1.64. The first-order valence-electron chi connectivity index (χ1n) is 5.64. The fourth-order valence-corrected chi connectivity index (χ4v) is 1.33. The number of ether oxygens (including phenoxy) is 2. The summed E-state index contributed by atoms with van der Waals surface area (Å²) in [5.41, 5.74) is 0.349. The standard InChI is InChI=1S/C13H12N2O5/c1-17-10-8-11(18-2)15-13(14-10)20-19-12(16)9-6-4-3-5-7-9/h3-8H,1-2H3. The van der Waals surface area contributed by atoms with Gasteiger partial charge in [-0.2, -0.15) is 9.97 Å². The molecule has 0 aliphatic carbocycles. The second kappa shape index (κ2) is 6.37. The fourth-order valence-electron chi connectivity index (χ4n) is 1.33. The summed E-state index contributed by atoms with van der Waals surface area (Å²) in [5.74, 6) is -0.207. The predicted molar refractivity (Wildman–Crippen MR) is 67.6 cm³/mol. The summed E-state index contributed by atoms with van der Waals surface area (Å²) in [6, 6.07) is 9.67. The van der Waals surface area contributed by atoms with Crippen LogP contribution < -0.4 is 14.4 Å². The van der Waals surface area contributed by atoms with Crippen molar-refractivity contribution in [1.29, 1.82) is 0 Å². The molecule has 0 fully saturated rings. The lowest BCUT2D eigenvalue weighted by atomic mass is 10.2. The van der Waals surface area contributed by atoms with E-state index in [1.165, 1.54) is 20.3 Å². The molecular weight excluding hydrogens is 264 g/mol. The Hall–Kier alpha value is -2.83. The van der Waals surface area contributed by atoms with Gasteiger partial charge in [-0.1, -0.05) is 18.2 Å². The van der Waals surface area contributed by atoms with E-state index in [2.05, 4.69) is 14.9 Å². The van der Waals surface area contributed by atoms with Gasteiger partial charge < -0.3 is 9.47 Å². The van der Waals surface area contributed by atoms with Gasteiger partial charge in [0.25, 0.3) is 0 Å². The number of carbonyl (C=O) groups excluding carboxylic acids is 1. The topological polar surface area (TPSA) is 79.8 Å². The van der Waals surface area contributed by atoms with Crippen molar-refractivity contribution in [3.8, 4) is 17.8 Å². The Labute approximate surface area is 115 Å². The molecule has 0 spiro atoms. The molecule has 0 aliphatic rings. The molecule has 1 aromatic heterocycles. The van der Waals surface area contributed by atoms with Crippen LogP contribution in [0.4, 0.5) is 0 Å². The molecule has 0 aliphatic heterocycles. The highest BCUT2D eigenvalue weighted by Crippen LogP contribution is 2.19. The molecule has 0 unspecified atom stereocenters. The Morgan fingerprint density at radius 1 is 1.00 bits per heavy atom. The van der Waals surface area contributed by atoms with E-state index in [1.54, 1.807) is 30.3 Å². The average molecular weight is 276 g/mol. The zero-order chi connectivity index (χ0) is 14.4. The first kappa shape index (κ1) is 13.6. The van der Waals surface area contributed by atoms with Crippen molar-refractivity contribution < 1.29 is 24.0 Å². The Kier molecular flexibility index (Phi) is 4.33. The highest BCUT2D eigenvalue weighted by atomic mass is 17.2. The summed E-state index contributed by atoms with van der Waals surface area (Å²) < 4.78 is 9.87. The molecule has 0 saturated carbocycles. The number of hydrogen-bond donors (Lipinski definition) is 0. The maximum atomic E-state index is 11.7. The highest BCUT2D eigenvalue weighted by Gasteiger charge is 2.12. The number of aromatic nitrogens is 2. The van der Waals surface area contributed by atoms with Crippen LogP contribution in [0.5, 0.6) is 17.8 Å². The molecular formula is C13H12N2O5. The van der Waals surface area contributed by atoms with Crippen LogP contribution in [0, 0.1) is 0 Å². The van der Waals surface area contributed by atoms with Gasteiger partial charge in [-0.3, -0.25) is 0 Å². The van der Waals surface area contributed by atoms with Crippen molar-refractivity contribution in [3.63, 3.8) is 0 Å². The molecule has 0 amide bonds. The van der Waals surface area contributed by atoms with Gasteiger partial charge in [0, 0.05) is 0 Å². The van der Waals surface area contributed by atoms with Crippen molar-refractivity contribution in [1.82, 2.24) is 9.97 Å². The molecule has 104 valence electrons. The lowest BCUT2D eigenvalue weighted by Crippen LogP contribution is -2.10. The van der Waals surface area contributed by atoms with Crippen LogP contribution in [-0.2, 0) is 4.89 Å². The summed E-state index contributed by atoms with van der Waals surface area (Å²) in [7, 11) is 2.86. The zero-order valence-corrected chi connectivity index (χ0v) is 10.9. The number of rotatable bonds is 5. The minimum absolute atomic E-state index is 0.189. The molecule has 7 nitrogen and oxygen atoms in total. The van der Waals surface area contributed by atoms with Gasteiger partial charge >= 0.3 is 12.0 Å². The van der Waals surface area contributed by atoms with E-state index in [-0.39, 0.29) is 17.8 Å². The average Bonchev–Trinajstić information content (AvgIpc) is 2.53. The molecule has 0 bridgehead atoms. The van der Waals surface area contributed by atoms with E-state index in [4.69, 9.17) is 14.4 Å². The third kappa shape index (κ3) is 3.35. The maximum absolute atomic E-state index is 11.7. The van der Waals surface area contributed by atoms with Crippen molar-refractivity contribution in [2.45, 2.75) is 0 Å². The van der Waals surface area contributed by atoms with E-state index >= 15 is 0 Å². The molecule has 1 aromatic carbocycles. The molecule has 0 radical (unpaired) electrons. The van der Waals surface area contributed by atoms with Crippen LogP contribution in [0.1, 0.15) is 10.4 Å². The second-order valence-electron chi connectivity index (χ2n) is 3.56. The largest absolute Gasteiger partial charge is 0.481 e. The van der Waals surface area contributed by atoms with Crippen LogP contribution in [0.25, 0.3) is 0 Å². The van der Waals surface area contributed by atoms with E-state index in [9.17, 15) is 4.79 Å². The van der Waals surface area contributed by atoms with Gasteiger partial charge in [-0.15, -0.1) is 0 Å². The van der Waals surface area contributed by atoms with Crippen molar-refractivity contribution >= 4 is 5.97 Å². The third-order valence-corrected chi connectivity index (χ3v) is 2.28. The summed E-state index contributed by atoms with van der Waals surface area (Å²) in [5, 5.41) is 0. The fraction of sp³-hybridized carbons (Fsp3) is 0.154. The number of hydrogen-bond acceptors (Lipinski definition) is 7. The highest BCUT2D eigenvalue weighted by molar-refractivity contribution is 5.88. The number of nitrogens with zero attached hydrogens (tertiary/aromatic N) is 2. The van der Waals surface area contributed by atoms with Crippen molar-refractivity contribution in [2.75, 3.05) is 14.2 Å². The zero-order valence-electron chi connectivity index (χ0n) is 10.9. The maximum Gasteiger partial charge on any atom is 0.386 e. The van der Waals surface area contributed by atoms with Gasteiger partial charge in [0.1, 0.15) is 0 Å². The molecule has 1 heterocycles. The SMILES string of the molecule is COc1cc(OC)nc(OOC(=O)c2ccccc2)n1. The quantitative estimate of drug-likeness (QED) is 0.606. The number of carbonyl (C=O) groups is 1. The van der Waals surface area contributed by atoms with Gasteiger partial charge in [0.05, 0.1) is 25.8 Å². The first-order chi connectivity index (χ1) is 9.72. The van der Waals surface area contributed by atoms with Gasteiger partial charge in [0.15, 0.2) is 0 Å². The summed E-state index contributed by atoms with van der Waals surface area (Å²) in [6.07, 6.45) is 0. The minimum atomic E-state index is -0.656. The van der Waals surface area contributed by atoms with Crippen molar-refractivity contribution in [3.05, 3.63) is 42.0 Å². The molecule has 2 rings (SSSR count). The molecule has 0 atom stereocenters. The molecule has 0 N–H and O–H groups in total. The summed E-state index contributed by atoms with van der Waals surface area (Å²) in [4.78, 5) is 28.8. The van der Waals surface area contributed by atoms with E-state index in [0.717, 1.165) is 0 Å². The van der Waals surface area contributed by atoms with Crippen LogP contribution in [0.15, 0.2) is 36.4 Å². The van der Waals surface area contributed by atoms with Gasteiger partial charge in [0.2, 0.25) is 11.8 Å². The van der Waals surface area contributed by atoms with E-state index in [0.29, 0.717) is 5.56 Å². The van der Waals surface area contributed by atoms with Crippen LogP contribution in [-0.4, -0.2) is 30.2 Å². The monoisotopic (exact) mass is 276 g/mol. The minimum Gasteiger partial charge on any atom is -0.481 e. The van der Waals surface area contributed by atoms with Crippen LogP contribution >= 0.6 is 0 Å². The van der Waals surface area contributed by atoms with Gasteiger partial charge in [-0.05, 0) is 12.1 Å². The van der Waals surface area contributed by atoms with E-state index < -0.39 is 5.97 Å². The second-order valence-corrected chi connectivity index (χ2v) is 3.56.